The second kappa shape index (κ2) is 6.56. The Labute approximate surface area is 116 Å². The number of carbonyl (C=O) groups excluding carboxylic acids is 1. The molecule has 1 amide bonds. The summed E-state index contributed by atoms with van der Waals surface area (Å²) in [5.74, 6) is -1.82. The number of hydrogen-bond acceptors (Lipinski definition) is 2. The highest BCUT2D eigenvalue weighted by atomic mass is 16.4. The average Bonchev–Trinajstić information content (AvgIpc) is 2.98. The molecule has 0 radical (unpaired) electrons. The Kier molecular flexibility index (Phi) is 4.55. The van der Waals surface area contributed by atoms with Crippen LogP contribution in [-0.2, 0) is 11.2 Å². The molecule has 1 atom stereocenters. The van der Waals surface area contributed by atoms with Crippen LogP contribution >= 0.6 is 0 Å². The van der Waals surface area contributed by atoms with E-state index in [0.717, 1.165) is 5.56 Å². The largest absolute Gasteiger partial charge is 0.481 e. The maximum Gasteiger partial charge on any atom is 0.308 e. The number of carboxylic acid groups (broad SMARTS) is 1. The first-order chi connectivity index (χ1) is 9.66. The predicted molar refractivity (Wildman–Crippen MR) is 74.4 cm³/mol. The Morgan fingerprint density at radius 3 is 2.55 bits per heavy atom. The maximum atomic E-state index is 11.8. The van der Waals surface area contributed by atoms with Crippen LogP contribution < -0.4 is 5.32 Å². The quantitative estimate of drug-likeness (QED) is 0.748. The number of carboxylic acids is 1. The number of hydrogen-bond donors (Lipinski definition) is 3. The van der Waals surface area contributed by atoms with Gasteiger partial charge in [0.1, 0.15) is 0 Å². The first-order valence-corrected chi connectivity index (χ1v) is 6.34. The van der Waals surface area contributed by atoms with Gasteiger partial charge in [-0.2, -0.15) is 0 Å². The van der Waals surface area contributed by atoms with E-state index in [4.69, 9.17) is 0 Å². The second-order valence-electron chi connectivity index (χ2n) is 4.53. The van der Waals surface area contributed by atoms with Gasteiger partial charge in [0.15, 0.2) is 0 Å². The molecule has 0 fully saturated rings. The Hall–Kier alpha value is -2.56. The lowest BCUT2D eigenvalue weighted by Crippen LogP contribution is -2.33. The van der Waals surface area contributed by atoms with Crippen molar-refractivity contribution in [2.75, 3.05) is 6.54 Å². The highest BCUT2D eigenvalue weighted by Gasteiger charge is 2.19. The summed E-state index contributed by atoms with van der Waals surface area (Å²) in [5.41, 5.74) is 1.43. The molecule has 0 aliphatic carbocycles. The number of carbonyl (C=O) groups is 2. The zero-order valence-electron chi connectivity index (χ0n) is 10.9. The molecule has 0 saturated carbocycles. The van der Waals surface area contributed by atoms with E-state index in [-0.39, 0.29) is 12.5 Å². The molecule has 1 aromatic carbocycles. The van der Waals surface area contributed by atoms with Gasteiger partial charge in [-0.05, 0) is 18.1 Å². The van der Waals surface area contributed by atoms with E-state index in [2.05, 4.69) is 10.3 Å². The Morgan fingerprint density at radius 2 is 1.95 bits per heavy atom. The van der Waals surface area contributed by atoms with E-state index in [0.29, 0.717) is 12.0 Å². The SMILES string of the molecule is O=C(NCC(Cc1ccccc1)C(=O)O)c1cc[nH]c1. The summed E-state index contributed by atoms with van der Waals surface area (Å²) >= 11 is 0. The van der Waals surface area contributed by atoms with Gasteiger partial charge in [0.25, 0.3) is 5.91 Å². The summed E-state index contributed by atoms with van der Waals surface area (Å²) in [6.07, 6.45) is 3.61. The lowest BCUT2D eigenvalue weighted by molar-refractivity contribution is -0.141. The highest BCUT2D eigenvalue weighted by molar-refractivity contribution is 5.94. The van der Waals surface area contributed by atoms with E-state index in [1.54, 1.807) is 18.5 Å². The number of benzene rings is 1. The van der Waals surface area contributed by atoms with Crippen LogP contribution in [0, 0.1) is 5.92 Å². The molecule has 3 N–H and O–H groups in total. The van der Waals surface area contributed by atoms with Crippen molar-refractivity contribution in [3.63, 3.8) is 0 Å². The first kappa shape index (κ1) is 13.9. The maximum absolute atomic E-state index is 11.8. The number of aliphatic carboxylic acids is 1. The van der Waals surface area contributed by atoms with E-state index >= 15 is 0 Å². The van der Waals surface area contributed by atoms with Crippen LogP contribution in [0.3, 0.4) is 0 Å². The van der Waals surface area contributed by atoms with Gasteiger partial charge in [0.2, 0.25) is 0 Å². The molecule has 5 nitrogen and oxygen atoms in total. The van der Waals surface area contributed by atoms with Gasteiger partial charge in [0, 0.05) is 18.9 Å². The molecule has 20 heavy (non-hydrogen) atoms. The molecule has 1 heterocycles. The van der Waals surface area contributed by atoms with Gasteiger partial charge < -0.3 is 15.4 Å². The molecule has 2 rings (SSSR count). The van der Waals surface area contributed by atoms with Crippen LogP contribution in [-0.4, -0.2) is 28.5 Å². The topological polar surface area (TPSA) is 82.2 Å². The highest BCUT2D eigenvalue weighted by Crippen LogP contribution is 2.09. The summed E-state index contributed by atoms with van der Waals surface area (Å²) < 4.78 is 0. The smallest absolute Gasteiger partial charge is 0.308 e. The van der Waals surface area contributed by atoms with Crippen LogP contribution in [0.15, 0.2) is 48.8 Å². The third kappa shape index (κ3) is 3.71. The Balaban J connectivity index is 1.93. The van der Waals surface area contributed by atoms with Crippen LogP contribution in [0.5, 0.6) is 0 Å². The summed E-state index contributed by atoms with van der Waals surface area (Å²) in [5, 5.41) is 11.9. The van der Waals surface area contributed by atoms with E-state index < -0.39 is 11.9 Å². The third-order valence-corrected chi connectivity index (χ3v) is 3.04. The fraction of sp³-hybridized carbons (Fsp3) is 0.200. The van der Waals surface area contributed by atoms with Crippen LogP contribution in [0.1, 0.15) is 15.9 Å². The number of nitrogens with one attached hydrogen (secondary N) is 2. The number of amides is 1. The van der Waals surface area contributed by atoms with Gasteiger partial charge in [-0.15, -0.1) is 0 Å². The van der Waals surface area contributed by atoms with E-state index in [1.807, 2.05) is 30.3 Å². The summed E-state index contributed by atoms with van der Waals surface area (Å²) in [6.45, 7) is 0.105. The van der Waals surface area contributed by atoms with E-state index in [9.17, 15) is 14.7 Å². The summed E-state index contributed by atoms with van der Waals surface area (Å²) in [4.78, 5) is 25.8. The predicted octanol–water partition coefficient (Wildman–Crippen LogP) is 1.69. The van der Waals surface area contributed by atoms with Gasteiger partial charge in [0.05, 0.1) is 11.5 Å². The normalized spacial score (nSPS) is 11.8. The van der Waals surface area contributed by atoms with Crippen molar-refractivity contribution in [2.45, 2.75) is 6.42 Å². The van der Waals surface area contributed by atoms with Crippen molar-refractivity contribution >= 4 is 11.9 Å². The number of rotatable bonds is 6. The molecular formula is C15H16N2O3. The Morgan fingerprint density at radius 1 is 1.20 bits per heavy atom. The first-order valence-electron chi connectivity index (χ1n) is 6.34. The second-order valence-corrected chi connectivity index (χ2v) is 4.53. The fourth-order valence-corrected chi connectivity index (χ4v) is 1.93. The molecular weight excluding hydrogens is 256 g/mol. The minimum Gasteiger partial charge on any atom is -0.481 e. The lowest BCUT2D eigenvalue weighted by atomic mass is 9.99. The molecule has 0 aliphatic heterocycles. The molecule has 2 aromatic rings. The monoisotopic (exact) mass is 272 g/mol. The average molecular weight is 272 g/mol. The van der Waals surface area contributed by atoms with Crippen LogP contribution in [0.4, 0.5) is 0 Å². The van der Waals surface area contributed by atoms with Crippen LogP contribution in [0.2, 0.25) is 0 Å². The van der Waals surface area contributed by atoms with Crippen molar-refractivity contribution in [3.05, 3.63) is 59.9 Å². The summed E-state index contributed by atoms with van der Waals surface area (Å²) in [7, 11) is 0. The molecule has 0 bridgehead atoms. The fourth-order valence-electron chi connectivity index (χ4n) is 1.93. The molecule has 0 spiro atoms. The summed E-state index contributed by atoms with van der Waals surface area (Å²) in [6, 6.07) is 11.0. The molecule has 1 unspecified atom stereocenters. The van der Waals surface area contributed by atoms with E-state index in [1.165, 1.54) is 0 Å². The number of aromatic amines is 1. The number of H-pyrrole nitrogens is 1. The third-order valence-electron chi connectivity index (χ3n) is 3.04. The van der Waals surface area contributed by atoms with Crippen molar-refractivity contribution < 1.29 is 14.7 Å². The van der Waals surface area contributed by atoms with Crippen molar-refractivity contribution in [1.82, 2.24) is 10.3 Å². The Bertz CT molecular complexity index is 564. The van der Waals surface area contributed by atoms with Gasteiger partial charge in [-0.3, -0.25) is 9.59 Å². The van der Waals surface area contributed by atoms with Gasteiger partial charge >= 0.3 is 5.97 Å². The van der Waals surface area contributed by atoms with Crippen LogP contribution in [0.25, 0.3) is 0 Å². The van der Waals surface area contributed by atoms with Crippen molar-refractivity contribution in [1.29, 1.82) is 0 Å². The van der Waals surface area contributed by atoms with Gasteiger partial charge in [-0.1, -0.05) is 30.3 Å². The zero-order valence-corrected chi connectivity index (χ0v) is 10.9. The molecule has 5 heteroatoms. The van der Waals surface area contributed by atoms with Crippen molar-refractivity contribution in [3.8, 4) is 0 Å². The zero-order chi connectivity index (χ0) is 14.4. The lowest BCUT2D eigenvalue weighted by Gasteiger charge is -2.13. The van der Waals surface area contributed by atoms with Gasteiger partial charge in [-0.25, -0.2) is 0 Å². The number of aromatic nitrogens is 1. The molecule has 0 aliphatic rings. The molecule has 1 aromatic heterocycles. The van der Waals surface area contributed by atoms with Crippen molar-refractivity contribution in [2.24, 2.45) is 5.92 Å². The minimum atomic E-state index is -0.914. The standard InChI is InChI=1S/C15H16N2O3/c18-14(12-6-7-16-9-12)17-10-13(15(19)20)8-11-4-2-1-3-5-11/h1-7,9,13,16H,8,10H2,(H,17,18)(H,19,20). The molecule has 0 saturated heterocycles. The minimum absolute atomic E-state index is 0.105. The molecule has 104 valence electrons.